The van der Waals surface area contributed by atoms with Crippen molar-refractivity contribution in [1.82, 2.24) is 10.6 Å². The Labute approximate surface area is 175 Å². The molecule has 4 amide bonds. The summed E-state index contributed by atoms with van der Waals surface area (Å²) in [6.07, 6.45) is 3.97. The molecule has 0 saturated heterocycles. The van der Waals surface area contributed by atoms with Crippen LogP contribution in [0.3, 0.4) is 0 Å². The highest BCUT2D eigenvalue weighted by atomic mass is 16.2. The van der Waals surface area contributed by atoms with Crippen LogP contribution >= 0.6 is 0 Å². The second-order valence-electron chi connectivity index (χ2n) is 7.70. The molecule has 2 aliphatic rings. The van der Waals surface area contributed by atoms with Crippen LogP contribution in [0.2, 0.25) is 0 Å². The molecule has 0 bridgehead atoms. The lowest BCUT2D eigenvalue weighted by atomic mass is 9.87. The topological polar surface area (TPSA) is 90.5 Å². The Kier molecular flexibility index (Phi) is 5.97. The van der Waals surface area contributed by atoms with Crippen molar-refractivity contribution in [3.63, 3.8) is 0 Å². The maximum atomic E-state index is 12.5. The van der Waals surface area contributed by atoms with Crippen LogP contribution in [0.5, 0.6) is 0 Å². The molecule has 0 saturated carbocycles. The SMILES string of the molecule is O=C1CN(C(=O)NCCCC(=O)N[C@H]2CCCc3ccccc32)c2ccccc2N1. The lowest BCUT2D eigenvalue weighted by Gasteiger charge is -2.29. The molecule has 0 unspecified atom stereocenters. The number of urea groups is 1. The Morgan fingerprint density at radius 1 is 1.10 bits per heavy atom. The molecule has 1 heterocycles. The zero-order valence-electron chi connectivity index (χ0n) is 16.8. The van der Waals surface area contributed by atoms with Crippen molar-refractivity contribution in [2.45, 2.75) is 38.1 Å². The zero-order chi connectivity index (χ0) is 20.9. The summed E-state index contributed by atoms with van der Waals surface area (Å²) >= 11 is 0. The second-order valence-corrected chi connectivity index (χ2v) is 7.70. The maximum Gasteiger partial charge on any atom is 0.322 e. The summed E-state index contributed by atoms with van der Waals surface area (Å²) in [5, 5.41) is 8.71. The number of hydrogen-bond acceptors (Lipinski definition) is 3. The summed E-state index contributed by atoms with van der Waals surface area (Å²) in [6.45, 7) is 0.345. The van der Waals surface area contributed by atoms with Gasteiger partial charge in [0, 0.05) is 13.0 Å². The molecule has 7 heteroatoms. The number of nitrogens with one attached hydrogen (secondary N) is 3. The highest BCUT2D eigenvalue weighted by Crippen LogP contribution is 2.30. The largest absolute Gasteiger partial charge is 0.349 e. The van der Waals surface area contributed by atoms with Crippen LogP contribution in [0.1, 0.15) is 42.9 Å². The first-order chi connectivity index (χ1) is 14.6. The number of fused-ring (bicyclic) bond motifs is 2. The van der Waals surface area contributed by atoms with Crippen molar-refractivity contribution in [2.24, 2.45) is 0 Å². The van der Waals surface area contributed by atoms with E-state index in [2.05, 4.69) is 28.1 Å². The fourth-order valence-electron chi connectivity index (χ4n) is 4.12. The lowest BCUT2D eigenvalue weighted by Crippen LogP contribution is -2.47. The predicted octanol–water partition coefficient (Wildman–Crippen LogP) is 3.13. The van der Waals surface area contributed by atoms with Crippen LogP contribution < -0.4 is 20.9 Å². The molecular formula is C23H26N4O3. The van der Waals surface area contributed by atoms with Gasteiger partial charge < -0.3 is 16.0 Å². The third kappa shape index (κ3) is 4.45. The van der Waals surface area contributed by atoms with E-state index < -0.39 is 0 Å². The molecule has 1 aliphatic heterocycles. The van der Waals surface area contributed by atoms with Gasteiger partial charge in [-0.05, 0) is 48.9 Å². The highest BCUT2D eigenvalue weighted by Gasteiger charge is 2.26. The first kappa shape index (κ1) is 19.9. The third-order valence-electron chi connectivity index (χ3n) is 5.58. The minimum absolute atomic E-state index is 0.00588. The molecule has 2 aromatic rings. The molecule has 0 fully saturated rings. The summed E-state index contributed by atoms with van der Waals surface area (Å²) in [6, 6.07) is 15.2. The average molecular weight is 406 g/mol. The first-order valence-electron chi connectivity index (χ1n) is 10.4. The Bertz CT molecular complexity index is 959. The number of carbonyl (C=O) groups is 3. The normalized spacial score (nSPS) is 17.4. The number of amides is 4. The fourth-order valence-corrected chi connectivity index (χ4v) is 4.12. The molecule has 156 valence electrons. The minimum atomic E-state index is -0.334. The van der Waals surface area contributed by atoms with Crippen molar-refractivity contribution in [2.75, 3.05) is 23.3 Å². The van der Waals surface area contributed by atoms with Crippen molar-refractivity contribution >= 4 is 29.2 Å². The standard InChI is InChI=1S/C23H26N4O3/c28-21(25-18-11-5-8-16-7-1-2-9-17(16)18)13-6-14-24-23(30)27-15-22(29)26-19-10-3-4-12-20(19)27/h1-4,7,9-10,12,18H,5-6,8,11,13-15H2,(H,24,30)(H,25,28)(H,26,29)/t18-/m0/s1. The summed E-state index contributed by atoms with van der Waals surface area (Å²) in [4.78, 5) is 38.2. The predicted molar refractivity (Wildman–Crippen MR) is 115 cm³/mol. The van der Waals surface area contributed by atoms with Crippen molar-refractivity contribution in [3.05, 3.63) is 59.7 Å². The summed E-state index contributed by atoms with van der Waals surface area (Å²) < 4.78 is 0. The molecule has 4 rings (SSSR count). The molecule has 30 heavy (non-hydrogen) atoms. The molecule has 7 nitrogen and oxygen atoms in total. The fraction of sp³-hybridized carbons (Fsp3) is 0.348. The van der Waals surface area contributed by atoms with Crippen LogP contribution in [-0.4, -0.2) is 30.9 Å². The number of anilines is 2. The molecule has 3 N–H and O–H groups in total. The van der Waals surface area contributed by atoms with Crippen LogP contribution in [0.25, 0.3) is 0 Å². The second kappa shape index (κ2) is 8.98. The number of nitrogens with zero attached hydrogens (tertiary/aromatic N) is 1. The molecule has 0 aromatic heterocycles. The van der Waals surface area contributed by atoms with Gasteiger partial charge in [0.1, 0.15) is 6.54 Å². The van der Waals surface area contributed by atoms with E-state index in [1.54, 1.807) is 12.1 Å². The Balaban J connectivity index is 1.24. The maximum absolute atomic E-state index is 12.5. The van der Waals surface area contributed by atoms with Crippen LogP contribution in [-0.2, 0) is 16.0 Å². The van der Waals surface area contributed by atoms with E-state index in [0.717, 1.165) is 19.3 Å². The summed E-state index contributed by atoms with van der Waals surface area (Å²) in [5.74, 6) is -0.232. The summed E-state index contributed by atoms with van der Waals surface area (Å²) in [7, 11) is 0. The molecule has 0 radical (unpaired) electrons. The van der Waals surface area contributed by atoms with E-state index in [0.29, 0.717) is 30.8 Å². The Morgan fingerprint density at radius 3 is 2.80 bits per heavy atom. The Hall–Kier alpha value is -3.35. The Morgan fingerprint density at radius 2 is 1.90 bits per heavy atom. The number of aryl methyl sites for hydroxylation is 1. The first-order valence-corrected chi connectivity index (χ1v) is 10.4. The number of rotatable bonds is 5. The zero-order valence-corrected chi connectivity index (χ0v) is 16.8. The number of hydrogen-bond donors (Lipinski definition) is 3. The molecule has 1 aliphatic carbocycles. The van der Waals surface area contributed by atoms with Gasteiger partial charge >= 0.3 is 6.03 Å². The average Bonchev–Trinajstić information content (AvgIpc) is 2.76. The third-order valence-corrected chi connectivity index (χ3v) is 5.58. The quantitative estimate of drug-likeness (QED) is 0.667. The number of carbonyl (C=O) groups excluding carboxylic acids is 3. The van der Waals surface area contributed by atoms with Gasteiger partial charge in [-0.2, -0.15) is 0 Å². The lowest BCUT2D eigenvalue weighted by molar-refractivity contribution is -0.122. The molecule has 2 aromatic carbocycles. The van der Waals surface area contributed by atoms with Crippen molar-refractivity contribution < 1.29 is 14.4 Å². The highest BCUT2D eigenvalue weighted by molar-refractivity contribution is 6.09. The van der Waals surface area contributed by atoms with E-state index in [4.69, 9.17) is 0 Å². The number of benzene rings is 2. The number of para-hydroxylation sites is 2. The monoisotopic (exact) mass is 406 g/mol. The van der Waals surface area contributed by atoms with Crippen LogP contribution in [0.15, 0.2) is 48.5 Å². The van der Waals surface area contributed by atoms with E-state index in [1.807, 2.05) is 24.3 Å². The van der Waals surface area contributed by atoms with Gasteiger partial charge in [-0.3, -0.25) is 14.5 Å². The van der Waals surface area contributed by atoms with Gasteiger partial charge in [0.2, 0.25) is 11.8 Å². The van der Waals surface area contributed by atoms with Gasteiger partial charge in [0.15, 0.2) is 0 Å². The summed E-state index contributed by atoms with van der Waals surface area (Å²) in [5.41, 5.74) is 3.82. The van der Waals surface area contributed by atoms with E-state index >= 15 is 0 Å². The van der Waals surface area contributed by atoms with Gasteiger partial charge in [-0.25, -0.2) is 4.79 Å². The van der Waals surface area contributed by atoms with Gasteiger partial charge in [0.25, 0.3) is 0 Å². The molecule has 0 spiro atoms. The van der Waals surface area contributed by atoms with E-state index in [-0.39, 0.29) is 30.4 Å². The van der Waals surface area contributed by atoms with Gasteiger partial charge in [-0.1, -0.05) is 36.4 Å². The molecular weight excluding hydrogens is 380 g/mol. The van der Waals surface area contributed by atoms with E-state index in [9.17, 15) is 14.4 Å². The van der Waals surface area contributed by atoms with Crippen molar-refractivity contribution in [3.8, 4) is 0 Å². The van der Waals surface area contributed by atoms with Crippen molar-refractivity contribution in [1.29, 1.82) is 0 Å². The van der Waals surface area contributed by atoms with Crippen LogP contribution in [0, 0.1) is 0 Å². The van der Waals surface area contributed by atoms with Crippen LogP contribution in [0.4, 0.5) is 16.2 Å². The minimum Gasteiger partial charge on any atom is -0.349 e. The smallest absolute Gasteiger partial charge is 0.322 e. The van der Waals surface area contributed by atoms with E-state index in [1.165, 1.54) is 16.0 Å². The van der Waals surface area contributed by atoms with Gasteiger partial charge in [0.05, 0.1) is 17.4 Å². The van der Waals surface area contributed by atoms with Gasteiger partial charge in [-0.15, -0.1) is 0 Å². The molecule has 1 atom stereocenters.